The Bertz CT molecular complexity index is 1500. The zero-order chi connectivity index (χ0) is 30.8. The van der Waals surface area contributed by atoms with Gasteiger partial charge in [-0.1, -0.05) is 12.1 Å². The topological polar surface area (TPSA) is 88.2 Å². The number of nitrogens with one attached hydrogen (secondary N) is 1. The van der Waals surface area contributed by atoms with Crippen LogP contribution in [0.2, 0.25) is 0 Å². The number of nitrogens with zero attached hydrogens (tertiary/aromatic N) is 2. The van der Waals surface area contributed by atoms with Crippen LogP contribution in [0.4, 0.5) is 4.39 Å². The van der Waals surface area contributed by atoms with Gasteiger partial charge in [-0.05, 0) is 36.2 Å². The van der Waals surface area contributed by atoms with Crippen molar-refractivity contribution >= 4 is 17.7 Å². The molecule has 8 nitrogen and oxygen atoms in total. The van der Waals surface area contributed by atoms with E-state index in [1.165, 1.54) is 18.2 Å². The molecule has 2 saturated heterocycles. The highest BCUT2D eigenvalue weighted by atomic mass is 19.1. The summed E-state index contributed by atoms with van der Waals surface area (Å²) in [5, 5.41) is 1.65. The van der Waals surface area contributed by atoms with Crippen molar-refractivity contribution in [3.63, 3.8) is 0 Å². The number of fused-ring (bicyclic) bond motifs is 1. The molecule has 5 rings (SSSR count). The van der Waals surface area contributed by atoms with E-state index in [1.54, 1.807) is 5.32 Å². The molecule has 1 atom stereocenters. The van der Waals surface area contributed by atoms with E-state index >= 15 is 4.39 Å². The van der Waals surface area contributed by atoms with Crippen LogP contribution in [0.5, 0.6) is 5.75 Å². The molecule has 3 aliphatic rings. The standard InChI is InChI=1S/C25H26FN3O5/c26-20-5-4-16(13-28-8-10-33-11-9-28)12-17(20)15-34-22-3-1-2-18-19(22)14-29(25(18)32)21-6-7-23(30)27-24(21)31/h1-5,12,21H,6-11,13-15H2,(H,27,30,31)/i4D,5D,6D2,7D2,12D,21D. The minimum atomic E-state index is -3.44. The third-order valence-electron chi connectivity index (χ3n) is 5.68. The Morgan fingerprint density at radius 2 is 2.09 bits per heavy atom. The minimum absolute atomic E-state index is 0.0159. The van der Waals surface area contributed by atoms with Gasteiger partial charge in [0.25, 0.3) is 5.91 Å². The van der Waals surface area contributed by atoms with Gasteiger partial charge in [0.05, 0.1) is 25.2 Å². The van der Waals surface area contributed by atoms with Crippen molar-refractivity contribution in [2.75, 3.05) is 26.3 Å². The van der Waals surface area contributed by atoms with Crippen LogP contribution >= 0.6 is 0 Å². The van der Waals surface area contributed by atoms with E-state index in [0.29, 0.717) is 31.2 Å². The Morgan fingerprint density at radius 1 is 1.26 bits per heavy atom. The third-order valence-corrected chi connectivity index (χ3v) is 5.68. The number of benzene rings is 2. The Balaban J connectivity index is 1.45. The van der Waals surface area contributed by atoms with Crippen molar-refractivity contribution in [1.29, 1.82) is 0 Å². The summed E-state index contributed by atoms with van der Waals surface area (Å²) in [5.41, 5.74) is -0.127. The monoisotopic (exact) mass is 475 g/mol. The predicted molar refractivity (Wildman–Crippen MR) is 119 cm³/mol. The Labute approximate surface area is 207 Å². The number of imide groups is 1. The van der Waals surface area contributed by atoms with E-state index in [-0.39, 0.29) is 40.6 Å². The Kier molecular flexibility index (Phi) is 4.16. The summed E-state index contributed by atoms with van der Waals surface area (Å²) in [6, 6.07) is -0.453. The molecule has 0 aromatic heterocycles. The smallest absolute Gasteiger partial charge is 0.255 e. The number of rotatable bonds is 6. The second-order valence-electron chi connectivity index (χ2n) is 7.88. The quantitative estimate of drug-likeness (QED) is 0.643. The highest BCUT2D eigenvalue weighted by Crippen LogP contribution is 2.34. The molecule has 3 amide bonds. The lowest BCUT2D eigenvalue weighted by molar-refractivity contribution is -0.136. The van der Waals surface area contributed by atoms with Gasteiger partial charge in [0, 0.05) is 48.2 Å². The van der Waals surface area contributed by atoms with Crippen LogP contribution in [-0.4, -0.2) is 59.8 Å². The summed E-state index contributed by atoms with van der Waals surface area (Å²) in [6.45, 7) is 1.00. The van der Waals surface area contributed by atoms with E-state index in [0.717, 1.165) is 0 Å². The lowest BCUT2D eigenvalue weighted by atomic mass is 10.0. The average molecular weight is 476 g/mol. The molecule has 3 heterocycles. The fourth-order valence-electron chi connectivity index (χ4n) is 3.96. The van der Waals surface area contributed by atoms with Gasteiger partial charge >= 0.3 is 0 Å². The molecule has 1 unspecified atom stereocenters. The summed E-state index contributed by atoms with van der Waals surface area (Å²) < 4.78 is 92.1. The predicted octanol–water partition coefficient (Wildman–Crippen LogP) is 2.00. The highest BCUT2D eigenvalue weighted by molar-refractivity contribution is 6.05. The summed E-state index contributed by atoms with van der Waals surface area (Å²) in [7, 11) is 0. The van der Waals surface area contributed by atoms with Gasteiger partial charge in [0.1, 0.15) is 24.2 Å². The maximum Gasteiger partial charge on any atom is 0.255 e. The Hall–Kier alpha value is -3.30. The first-order chi connectivity index (χ1) is 19.6. The van der Waals surface area contributed by atoms with E-state index in [2.05, 4.69) is 0 Å². The van der Waals surface area contributed by atoms with Gasteiger partial charge in [-0.3, -0.25) is 24.6 Å². The van der Waals surface area contributed by atoms with E-state index < -0.39 is 67.5 Å². The number of carbonyl (C=O) groups is 3. The second-order valence-corrected chi connectivity index (χ2v) is 7.88. The molecule has 0 spiro atoms. The maximum absolute atomic E-state index is 15.1. The van der Waals surface area contributed by atoms with E-state index in [9.17, 15) is 14.4 Å². The van der Waals surface area contributed by atoms with Gasteiger partial charge in [0.2, 0.25) is 11.8 Å². The number of hydrogen-bond donors (Lipinski definition) is 1. The third kappa shape index (κ3) is 4.53. The van der Waals surface area contributed by atoms with Gasteiger partial charge in [-0.15, -0.1) is 0 Å². The van der Waals surface area contributed by atoms with Crippen LogP contribution in [0.1, 0.15) is 50.8 Å². The number of morpholine rings is 1. The van der Waals surface area contributed by atoms with E-state index in [4.69, 9.17) is 20.4 Å². The van der Waals surface area contributed by atoms with Crippen molar-refractivity contribution in [1.82, 2.24) is 15.1 Å². The summed E-state index contributed by atoms with van der Waals surface area (Å²) in [5.74, 6) is -5.18. The van der Waals surface area contributed by atoms with Crippen LogP contribution in [0.15, 0.2) is 36.3 Å². The summed E-state index contributed by atoms with van der Waals surface area (Å²) in [4.78, 5) is 40.5. The van der Waals surface area contributed by atoms with Gasteiger partial charge < -0.3 is 14.4 Å². The number of ether oxygens (including phenoxy) is 2. The van der Waals surface area contributed by atoms with Crippen LogP contribution in [0, 0.1) is 5.82 Å². The van der Waals surface area contributed by atoms with Crippen LogP contribution in [0.25, 0.3) is 0 Å². The molecule has 9 heteroatoms. The maximum atomic E-state index is 15.1. The number of hydrogen-bond acceptors (Lipinski definition) is 6. The normalized spacial score (nSPS) is 29.4. The minimum Gasteiger partial charge on any atom is -0.488 e. The molecular weight excluding hydrogens is 441 g/mol. The van der Waals surface area contributed by atoms with Crippen LogP contribution < -0.4 is 10.1 Å². The molecule has 34 heavy (non-hydrogen) atoms. The fourth-order valence-corrected chi connectivity index (χ4v) is 3.96. The lowest BCUT2D eigenvalue weighted by Gasteiger charge is -2.29. The largest absolute Gasteiger partial charge is 0.488 e. The summed E-state index contributed by atoms with van der Waals surface area (Å²) >= 11 is 0. The highest BCUT2D eigenvalue weighted by Gasteiger charge is 2.40. The first kappa shape index (κ1) is 14.9. The Morgan fingerprint density at radius 3 is 2.91 bits per heavy atom. The van der Waals surface area contributed by atoms with Crippen molar-refractivity contribution in [3.05, 3.63) is 64.4 Å². The molecule has 1 N–H and O–H groups in total. The number of halogens is 1. The zero-order valence-corrected chi connectivity index (χ0v) is 18.0. The van der Waals surface area contributed by atoms with Gasteiger partial charge in [-0.2, -0.15) is 0 Å². The van der Waals surface area contributed by atoms with Crippen molar-refractivity contribution in [2.45, 2.75) is 38.5 Å². The number of carbonyl (C=O) groups excluding carboxylic acids is 3. The number of piperidine rings is 1. The molecule has 2 fully saturated rings. The fraction of sp³-hybridized carbons (Fsp3) is 0.400. The van der Waals surface area contributed by atoms with Crippen LogP contribution in [0.3, 0.4) is 0 Å². The van der Waals surface area contributed by atoms with Crippen LogP contribution in [-0.2, 0) is 34.0 Å². The molecule has 3 aliphatic heterocycles. The molecule has 2 aromatic carbocycles. The first-order valence-electron chi connectivity index (χ1n) is 14.6. The van der Waals surface area contributed by atoms with Crippen molar-refractivity contribution < 1.29 is 39.2 Å². The van der Waals surface area contributed by atoms with Gasteiger partial charge in [-0.25, -0.2) is 4.39 Å². The SMILES string of the molecule is [2H]c1c([2H])c(CN2CCOCC2)c([2H])c(COc2cccc3c2CN(C2([2H])C(=O)NC(=O)C([2H])([2H])C2([2H])[2H])C3=O)c1F. The molecule has 178 valence electrons. The molecule has 0 saturated carbocycles. The molecule has 0 aliphatic carbocycles. The van der Waals surface area contributed by atoms with Crippen molar-refractivity contribution in [3.8, 4) is 5.75 Å². The summed E-state index contributed by atoms with van der Waals surface area (Å²) in [6.07, 6.45) is -6.77. The molecule has 0 radical (unpaired) electrons. The first-order valence-corrected chi connectivity index (χ1v) is 10.6. The second kappa shape index (κ2) is 9.52. The lowest BCUT2D eigenvalue weighted by Crippen LogP contribution is -2.52. The molecule has 2 aromatic rings. The van der Waals surface area contributed by atoms with E-state index in [1.807, 2.05) is 4.90 Å². The van der Waals surface area contributed by atoms with Crippen molar-refractivity contribution in [2.24, 2.45) is 0 Å². The molecular formula is C25H26FN3O5. The average Bonchev–Trinajstić information content (AvgIpc) is 3.30. The number of amides is 3. The zero-order valence-electron chi connectivity index (χ0n) is 26.0. The van der Waals surface area contributed by atoms with Gasteiger partial charge in [0.15, 0.2) is 0 Å². The molecule has 0 bridgehead atoms.